The highest BCUT2D eigenvalue weighted by atomic mass is 16.5. The summed E-state index contributed by atoms with van der Waals surface area (Å²) in [4.78, 5) is 48.9. The van der Waals surface area contributed by atoms with Gasteiger partial charge in [-0.05, 0) is 57.9 Å². The number of amides is 3. The van der Waals surface area contributed by atoms with E-state index in [0.717, 1.165) is 18.8 Å². The van der Waals surface area contributed by atoms with Crippen LogP contribution >= 0.6 is 0 Å². The number of carbonyl (C=O) groups excluding carboxylic acids is 3. The maximum Gasteiger partial charge on any atom is 0.253 e. The minimum Gasteiger partial charge on any atom is -0.395 e. The molecule has 3 aliphatic heterocycles. The summed E-state index contributed by atoms with van der Waals surface area (Å²) in [6.07, 6.45) is 4.34. The van der Waals surface area contributed by atoms with E-state index in [0.29, 0.717) is 25.1 Å². The molecule has 1 aromatic rings. The third-order valence-corrected chi connectivity index (χ3v) is 8.76. The standard InChI is InChI=1S/C30H42N4O5/c1-7-17-31(6)26(36)23-24-27(37)34(19-20-35)25(30(24)16-15-29(23,5)39-30)28(38)33(18-8-2)22-13-11-21(12-14-22)32(9-3)10-4/h7-8,11-14,23-25,35H,1-2,9-10,15-20H2,3-6H3/t23-,24+,25?,29+,30?/m1/s1. The summed E-state index contributed by atoms with van der Waals surface area (Å²) in [6.45, 7) is 15.7. The highest BCUT2D eigenvalue weighted by Gasteiger charge is 2.78. The van der Waals surface area contributed by atoms with Gasteiger partial charge >= 0.3 is 0 Å². The molecule has 0 radical (unpaired) electrons. The van der Waals surface area contributed by atoms with Crippen molar-refractivity contribution in [3.05, 3.63) is 49.6 Å². The van der Waals surface area contributed by atoms with Crippen LogP contribution in [-0.4, -0.2) is 96.3 Å². The number of ether oxygens (including phenoxy) is 1. The summed E-state index contributed by atoms with van der Waals surface area (Å²) in [5.74, 6) is -2.32. The molecule has 3 aliphatic rings. The lowest BCUT2D eigenvalue weighted by molar-refractivity contribution is -0.149. The molecule has 0 aliphatic carbocycles. The Labute approximate surface area is 231 Å². The predicted molar refractivity (Wildman–Crippen MR) is 151 cm³/mol. The minimum atomic E-state index is -1.14. The summed E-state index contributed by atoms with van der Waals surface area (Å²) >= 11 is 0. The molecule has 3 heterocycles. The fourth-order valence-corrected chi connectivity index (χ4v) is 6.98. The smallest absolute Gasteiger partial charge is 0.253 e. The highest BCUT2D eigenvalue weighted by Crippen LogP contribution is 2.63. The number of fused-ring (bicyclic) bond motifs is 1. The fraction of sp³-hybridized carbons (Fsp3) is 0.567. The average Bonchev–Trinajstić information content (AvgIpc) is 3.49. The number of carbonyl (C=O) groups is 3. The van der Waals surface area contributed by atoms with Crippen molar-refractivity contribution < 1.29 is 24.2 Å². The van der Waals surface area contributed by atoms with Crippen LogP contribution in [0.2, 0.25) is 0 Å². The number of benzene rings is 1. The van der Waals surface area contributed by atoms with Gasteiger partial charge in [-0.3, -0.25) is 14.4 Å². The SMILES string of the molecule is C=CCN(C)C(=O)[C@H]1[C@H]2C(=O)N(CCO)C(C(=O)N(CC=C)c3ccc(N(CC)CC)cc3)C23CC[C@]1(C)O3. The number of nitrogens with zero attached hydrogens (tertiary/aromatic N) is 4. The van der Waals surface area contributed by atoms with Crippen LogP contribution in [0.25, 0.3) is 0 Å². The Morgan fingerprint density at radius 1 is 1.08 bits per heavy atom. The van der Waals surface area contributed by atoms with E-state index in [1.165, 1.54) is 4.90 Å². The molecule has 3 amide bonds. The molecule has 1 spiro atoms. The predicted octanol–water partition coefficient (Wildman–Crippen LogP) is 2.45. The van der Waals surface area contributed by atoms with Crippen molar-refractivity contribution >= 4 is 29.1 Å². The zero-order valence-corrected chi connectivity index (χ0v) is 23.6. The number of hydrogen-bond donors (Lipinski definition) is 1. The highest BCUT2D eigenvalue weighted by molar-refractivity contribution is 6.05. The van der Waals surface area contributed by atoms with Crippen LogP contribution in [0.5, 0.6) is 0 Å². The molecule has 2 unspecified atom stereocenters. The third kappa shape index (κ3) is 4.55. The molecule has 39 heavy (non-hydrogen) atoms. The van der Waals surface area contributed by atoms with Gasteiger partial charge in [-0.15, -0.1) is 13.2 Å². The van der Waals surface area contributed by atoms with E-state index in [-0.39, 0.29) is 37.4 Å². The molecular weight excluding hydrogens is 496 g/mol. The molecule has 212 valence electrons. The summed E-state index contributed by atoms with van der Waals surface area (Å²) < 4.78 is 6.66. The van der Waals surface area contributed by atoms with E-state index in [1.54, 1.807) is 29.0 Å². The first kappa shape index (κ1) is 28.8. The van der Waals surface area contributed by atoms with Crippen LogP contribution in [0.3, 0.4) is 0 Å². The molecule has 3 saturated heterocycles. The number of β-amino-alcohol motifs (C(OH)–C–C–N with tert-alkyl or cyclic N) is 1. The van der Waals surface area contributed by atoms with Crippen molar-refractivity contribution in [2.45, 2.75) is 50.9 Å². The second kappa shape index (κ2) is 11.1. The number of hydrogen-bond acceptors (Lipinski definition) is 6. The number of likely N-dealkylation sites (N-methyl/N-ethyl adjacent to an activating group) is 1. The van der Waals surface area contributed by atoms with E-state index in [4.69, 9.17) is 4.74 Å². The fourth-order valence-electron chi connectivity index (χ4n) is 6.98. The Morgan fingerprint density at radius 2 is 1.69 bits per heavy atom. The van der Waals surface area contributed by atoms with E-state index in [2.05, 4.69) is 31.9 Å². The van der Waals surface area contributed by atoms with Crippen molar-refractivity contribution in [1.29, 1.82) is 0 Å². The first-order chi connectivity index (χ1) is 18.6. The van der Waals surface area contributed by atoms with Gasteiger partial charge in [0.15, 0.2) is 0 Å². The van der Waals surface area contributed by atoms with Crippen molar-refractivity contribution in [3.63, 3.8) is 0 Å². The quantitative estimate of drug-likeness (QED) is 0.411. The van der Waals surface area contributed by atoms with Gasteiger partial charge in [0.1, 0.15) is 11.6 Å². The maximum absolute atomic E-state index is 14.4. The summed E-state index contributed by atoms with van der Waals surface area (Å²) in [5, 5.41) is 9.88. The number of rotatable bonds is 12. The molecule has 9 heteroatoms. The lowest BCUT2D eigenvalue weighted by Crippen LogP contribution is -2.57. The van der Waals surface area contributed by atoms with E-state index < -0.39 is 29.1 Å². The van der Waals surface area contributed by atoms with Gasteiger partial charge in [0.25, 0.3) is 5.91 Å². The van der Waals surface area contributed by atoms with Gasteiger partial charge in [-0.2, -0.15) is 0 Å². The van der Waals surface area contributed by atoms with Crippen molar-refractivity contribution in [3.8, 4) is 0 Å². The van der Waals surface area contributed by atoms with E-state index >= 15 is 0 Å². The monoisotopic (exact) mass is 538 g/mol. The number of likely N-dealkylation sites (tertiary alicyclic amines) is 1. The second-order valence-electron chi connectivity index (χ2n) is 10.9. The molecule has 0 aromatic heterocycles. The average molecular weight is 539 g/mol. The first-order valence-corrected chi connectivity index (χ1v) is 13.9. The van der Waals surface area contributed by atoms with Crippen molar-refractivity contribution in [2.24, 2.45) is 11.8 Å². The molecule has 5 atom stereocenters. The molecule has 3 fully saturated rings. The largest absolute Gasteiger partial charge is 0.395 e. The Morgan fingerprint density at radius 3 is 2.26 bits per heavy atom. The maximum atomic E-state index is 14.4. The number of aliphatic hydroxyl groups is 1. The Kier molecular flexibility index (Phi) is 8.23. The summed E-state index contributed by atoms with van der Waals surface area (Å²) in [5.41, 5.74) is -0.259. The lowest BCUT2D eigenvalue weighted by Gasteiger charge is -2.36. The normalized spacial score (nSPS) is 28.8. The van der Waals surface area contributed by atoms with Gasteiger partial charge in [0.05, 0.1) is 24.0 Å². The molecular formula is C30H42N4O5. The zero-order valence-electron chi connectivity index (χ0n) is 23.6. The van der Waals surface area contributed by atoms with Gasteiger partial charge < -0.3 is 29.4 Å². The second-order valence-corrected chi connectivity index (χ2v) is 10.9. The van der Waals surface area contributed by atoms with Gasteiger partial charge in [0.2, 0.25) is 11.8 Å². The van der Waals surface area contributed by atoms with Crippen LogP contribution in [-0.2, 0) is 19.1 Å². The number of aliphatic hydroxyl groups excluding tert-OH is 1. The Balaban J connectivity index is 1.74. The van der Waals surface area contributed by atoms with E-state index in [9.17, 15) is 19.5 Å². The minimum absolute atomic E-state index is 0.0141. The van der Waals surface area contributed by atoms with Gasteiger partial charge in [0, 0.05) is 51.1 Å². The first-order valence-electron chi connectivity index (χ1n) is 13.9. The molecule has 4 rings (SSSR count). The van der Waals surface area contributed by atoms with Crippen molar-refractivity contribution in [1.82, 2.24) is 9.80 Å². The molecule has 9 nitrogen and oxygen atoms in total. The Bertz CT molecular complexity index is 1120. The Hall–Kier alpha value is -3.17. The van der Waals surface area contributed by atoms with Crippen molar-refractivity contribution in [2.75, 3.05) is 56.2 Å². The van der Waals surface area contributed by atoms with Crippen LogP contribution in [0.1, 0.15) is 33.6 Å². The number of anilines is 2. The van der Waals surface area contributed by atoms with Crippen LogP contribution in [0.4, 0.5) is 11.4 Å². The zero-order chi connectivity index (χ0) is 28.5. The summed E-state index contributed by atoms with van der Waals surface area (Å²) in [6, 6.07) is 6.82. The van der Waals surface area contributed by atoms with Crippen LogP contribution < -0.4 is 9.80 Å². The topological polar surface area (TPSA) is 93.6 Å². The molecule has 0 saturated carbocycles. The van der Waals surface area contributed by atoms with Crippen LogP contribution in [0, 0.1) is 11.8 Å². The summed E-state index contributed by atoms with van der Waals surface area (Å²) in [7, 11) is 1.69. The van der Waals surface area contributed by atoms with Gasteiger partial charge in [-0.25, -0.2) is 0 Å². The van der Waals surface area contributed by atoms with Crippen LogP contribution in [0.15, 0.2) is 49.6 Å². The van der Waals surface area contributed by atoms with E-state index in [1.807, 2.05) is 31.2 Å². The third-order valence-electron chi connectivity index (χ3n) is 8.76. The van der Waals surface area contributed by atoms with Gasteiger partial charge in [-0.1, -0.05) is 12.2 Å². The lowest BCUT2D eigenvalue weighted by atomic mass is 9.66. The molecule has 1 aromatic carbocycles. The molecule has 2 bridgehead atoms. The molecule has 1 N–H and O–H groups in total.